The fourth-order valence-electron chi connectivity index (χ4n) is 4.07. The number of alkyl carbamates (subject to hydrolysis) is 1. The van der Waals surface area contributed by atoms with Crippen LogP contribution in [0.15, 0.2) is 30.3 Å². The van der Waals surface area contributed by atoms with Crippen molar-refractivity contribution in [3.05, 3.63) is 35.9 Å². The van der Waals surface area contributed by atoms with Gasteiger partial charge in [0, 0.05) is 5.54 Å². The number of methoxy groups -OCH3 is 1. The quantitative estimate of drug-likeness (QED) is 0.838. The fraction of sp³-hybridized carbons (Fsp3) is 0.579. The van der Waals surface area contributed by atoms with Gasteiger partial charge in [0.25, 0.3) is 0 Å². The van der Waals surface area contributed by atoms with Crippen LogP contribution in [-0.2, 0) is 20.9 Å². The summed E-state index contributed by atoms with van der Waals surface area (Å²) in [4.78, 5) is 23.8. The van der Waals surface area contributed by atoms with Gasteiger partial charge in [-0.1, -0.05) is 30.3 Å². The molecule has 0 aliphatic heterocycles. The van der Waals surface area contributed by atoms with E-state index in [4.69, 9.17) is 9.47 Å². The molecule has 0 atom stereocenters. The van der Waals surface area contributed by atoms with Crippen LogP contribution in [0.2, 0.25) is 0 Å². The molecule has 5 heteroatoms. The number of hydrogen-bond donors (Lipinski definition) is 1. The van der Waals surface area contributed by atoms with E-state index in [0.29, 0.717) is 6.42 Å². The topological polar surface area (TPSA) is 64.6 Å². The average molecular weight is 331 g/mol. The van der Waals surface area contributed by atoms with Gasteiger partial charge >= 0.3 is 12.1 Å². The summed E-state index contributed by atoms with van der Waals surface area (Å²) in [5.74, 6) is -0.125. The minimum Gasteiger partial charge on any atom is -0.469 e. The molecule has 2 bridgehead atoms. The number of nitrogens with one attached hydrogen (secondary N) is 1. The second-order valence-electron chi connectivity index (χ2n) is 7.22. The Morgan fingerprint density at radius 1 is 1.04 bits per heavy atom. The smallest absolute Gasteiger partial charge is 0.407 e. The number of amides is 1. The predicted octanol–water partition coefficient (Wildman–Crippen LogP) is 3.57. The molecular weight excluding hydrogens is 306 g/mol. The minimum absolute atomic E-state index is 0.0739. The van der Waals surface area contributed by atoms with Crippen molar-refractivity contribution in [3.63, 3.8) is 0 Å². The van der Waals surface area contributed by atoms with Crippen molar-refractivity contribution in [2.75, 3.05) is 7.11 Å². The van der Waals surface area contributed by atoms with Crippen LogP contribution in [0.5, 0.6) is 0 Å². The maximum atomic E-state index is 12.2. The Bertz CT molecular complexity index is 574. The van der Waals surface area contributed by atoms with Crippen LogP contribution in [0.25, 0.3) is 0 Å². The number of hydrogen-bond acceptors (Lipinski definition) is 4. The molecule has 3 aliphatic rings. The molecule has 3 fully saturated rings. The monoisotopic (exact) mass is 331 g/mol. The molecule has 1 N–H and O–H groups in total. The fourth-order valence-corrected chi connectivity index (χ4v) is 4.07. The zero-order valence-electron chi connectivity index (χ0n) is 14.2. The van der Waals surface area contributed by atoms with E-state index in [9.17, 15) is 9.59 Å². The van der Waals surface area contributed by atoms with Crippen LogP contribution in [0.1, 0.15) is 50.5 Å². The van der Waals surface area contributed by atoms with Gasteiger partial charge < -0.3 is 14.8 Å². The lowest BCUT2D eigenvalue weighted by Crippen LogP contribution is -2.57. The summed E-state index contributed by atoms with van der Waals surface area (Å²) < 4.78 is 10.2. The van der Waals surface area contributed by atoms with Gasteiger partial charge in [-0.2, -0.15) is 0 Å². The molecule has 24 heavy (non-hydrogen) atoms. The highest BCUT2D eigenvalue weighted by molar-refractivity contribution is 5.70. The minimum atomic E-state index is -0.346. The van der Waals surface area contributed by atoms with Crippen LogP contribution >= 0.6 is 0 Å². The highest BCUT2D eigenvalue weighted by Crippen LogP contribution is 2.54. The summed E-state index contributed by atoms with van der Waals surface area (Å²) in [6.45, 7) is 0.287. The van der Waals surface area contributed by atoms with Crippen molar-refractivity contribution in [2.45, 2.75) is 57.1 Å². The molecule has 1 amide bonds. The Kier molecular flexibility index (Phi) is 4.78. The zero-order chi connectivity index (χ0) is 17.0. The van der Waals surface area contributed by atoms with Gasteiger partial charge in [0.15, 0.2) is 0 Å². The molecule has 0 aromatic heterocycles. The van der Waals surface area contributed by atoms with Crippen LogP contribution in [0, 0.1) is 5.41 Å². The predicted molar refractivity (Wildman–Crippen MR) is 89.3 cm³/mol. The first-order valence-electron chi connectivity index (χ1n) is 8.61. The first-order valence-corrected chi connectivity index (χ1v) is 8.61. The van der Waals surface area contributed by atoms with Crippen molar-refractivity contribution in [2.24, 2.45) is 5.41 Å². The highest BCUT2D eigenvalue weighted by Gasteiger charge is 2.50. The third kappa shape index (κ3) is 3.71. The summed E-state index contributed by atoms with van der Waals surface area (Å²) >= 11 is 0. The van der Waals surface area contributed by atoms with E-state index in [2.05, 4.69) is 5.32 Å². The first-order chi connectivity index (χ1) is 11.5. The van der Waals surface area contributed by atoms with Crippen LogP contribution in [0.3, 0.4) is 0 Å². The Hall–Kier alpha value is -2.04. The van der Waals surface area contributed by atoms with E-state index < -0.39 is 0 Å². The zero-order valence-corrected chi connectivity index (χ0v) is 14.2. The Labute approximate surface area is 142 Å². The molecule has 1 aromatic rings. The number of rotatable bonds is 5. The number of benzene rings is 1. The summed E-state index contributed by atoms with van der Waals surface area (Å²) in [7, 11) is 1.44. The van der Waals surface area contributed by atoms with Gasteiger partial charge in [-0.15, -0.1) is 0 Å². The molecule has 130 valence electrons. The third-order valence-corrected chi connectivity index (χ3v) is 5.73. The van der Waals surface area contributed by atoms with Crippen molar-refractivity contribution in [1.82, 2.24) is 5.32 Å². The van der Waals surface area contributed by atoms with E-state index >= 15 is 0 Å². The average Bonchev–Trinajstić information content (AvgIpc) is 2.62. The van der Waals surface area contributed by atoms with E-state index in [0.717, 1.165) is 44.1 Å². The molecule has 0 spiro atoms. The largest absolute Gasteiger partial charge is 0.469 e. The lowest BCUT2D eigenvalue weighted by molar-refractivity contribution is -0.145. The van der Waals surface area contributed by atoms with E-state index in [-0.39, 0.29) is 29.6 Å². The van der Waals surface area contributed by atoms with Crippen molar-refractivity contribution >= 4 is 12.1 Å². The van der Waals surface area contributed by atoms with Crippen molar-refractivity contribution < 1.29 is 19.1 Å². The summed E-state index contributed by atoms with van der Waals surface area (Å²) in [5.41, 5.74) is 0.894. The van der Waals surface area contributed by atoms with Gasteiger partial charge in [-0.3, -0.25) is 4.79 Å². The maximum Gasteiger partial charge on any atom is 0.407 e. The summed E-state index contributed by atoms with van der Waals surface area (Å²) in [6, 6.07) is 9.67. The number of ether oxygens (including phenoxy) is 2. The van der Waals surface area contributed by atoms with Crippen LogP contribution in [-0.4, -0.2) is 24.7 Å². The molecule has 0 radical (unpaired) electrons. The number of fused-ring (bicyclic) bond motifs is 3. The van der Waals surface area contributed by atoms with E-state index in [1.54, 1.807) is 0 Å². The number of esters is 1. The second kappa shape index (κ2) is 6.83. The van der Waals surface area contributed by atoms with E-state index in [1.165, 1.54) is 7.11 Å². The first kappa shape index (κ1) is 16.8. The Morgan fingerprint density at radius 3 is 2.25 bits per heavy atom. The molecule has 0 saturated heterocycles. The second-order valence-corrected chi connectivity index (χ2v) is 7.22. The standard InChI is InChI=1S/C19H25NO4/c1-23-16(21)13-18-7-10-19(11-8-18,12-9-18)20-17(22)24-14-15-5-3-2-4-6-15/h2-6H,7-14H2,1H3,(H,20,22). The molecular formula is C19H25NO4. The lowest BCUT2D eigenvalue weighted by Gasteiger charge is -2.53. The van der Waals surface area contributed by atoms with Gasteiger partial charge in [-0.25, -0.2) is 4.79 Å². The molecule has 4 rings (SSSR count). The normalized spacial score (nSPS) is 28.2. The summed E-state index contributed by atoms with van der Waals surface area (Å²) in [5, 5.41) is 3.10. The van der Waals surface area contributed by atoms with Crippen LogP contribution < -0.4 is 5.32 Å². The molecule has 3 saturated carbocycles. The number of carbonyl (C=O) groups excluding carboxylic acids is 2. The van der Waals surface area contributed by atoms with Gasteiger partial charge in [0.05, 0.1) is 13.5 Å². The molecule has 5 nitrogen and oxygen atoms in total. The lowest BCUT2D eigenvalue weighted by atomic mass is 9.56. The molecule has 1 aromatic carbocycles. The van der Waals surface area contributed by atoms with Crippen LogP contribution in [0.4, 0.5) is 4.79 Å². The van der Waals surface area contributed by atoms with Crippen molar-refractivity contribution in [3.8, 4) is 0 Å². The Balaban J connectivity index is 1.50. The maximum absolute atomic E-state index is 12.2. The number of carbonyl (C=O) groups is 2. The SMILES string of the molecule is COC(=O)CC12CCC(NC(=O)OCc3ccccc3)(CC1)CC2. The highest BCUT2D eigenvalue weighted by atomic mass is 16.5. The molecule has 0 heterocycles. The van der Waals surface area contributed by atoms with Gasteiger partial charge in [0.1, 0.15) is 6.61 Å². The third-order valence-electron chi connectivity index (χ3n) is 5.73. The van der Waals surface area contributed by atoms with Gasteiger partial charge in [-0.05, 0) is 49.5 Å². The Morgan fingerprint density at radius 2 is 1.67 bits per heavy atom. The van der Waals surface area contributed by atoms with Crippen molar-refractivity contribution in [1.29, 1.82) is 0 Å². The summed E-state index contributed by atoms with van der Waals surface area (Å²) in [6.07, 6.45) is 5.75. The van der Waals surface area contributed by atoms with Gasteiger partial charge in [0.2, 0.25) is 0 Å². The molecule has 3 aliphatic carbocycles. The molecule has 0 unspecified atom stereocenters. The van der Waals surface area contributed by atoms with E-state index in [1.807, 2.05) is 30.3 Å².